The van der Waals surface area contributed by atoms with Crippen LogP contribution in [0.15, 0.2) is 88.6 Å². The third-order valence-corrected chi connectivity index (χ3v) is 9.08. The first-order valence-electron chi connectivity index (χ1n) is 13.3. The normalized spacial score (nSPS) is 21.6. The monoisotopic (exact) mass is 601 g/mol. The molecule has 0 bridgehead atoms. The average Bonchev–Trinajstić information content (AvgIpc) is 3.29. The lowest BCUT2D eigenvalue weighted by Crippen LogP contribution is -2.54. The highest BCUT2D eigenvalue weighted by molar-refractivity contribution is 7.87. The summed E-state index contributed by atoms with van der Waals surface area (Å²) >= 11 is 6.16. The minimum Gasteiger partial charge on any atom is -0.377 e. The molecule has 3 heterocycles. The Kier molecular flexibility index (Phi) is 8.13. The van der Waals surface area contributed by atoms with Crippen molar-refractivity contribution in [1.82, 2.24) is 9.31 Å². The fraction of sp³-hybridized carbons (Fsp3) is 0.345. The average molecular weight is 602 g/mol. The molecule has 8 nitrogen and oxygen atoms in total. The molecule has 2 aliphatic heterocycles. The van der Waals surface area contributed by atoms with Crippen LogP contribution in [0.4, 0.5) is 14.5 Å². The maximum atomic E-state index is 13.8. The van der Waals surface area contributed by atoms with E-state index < -0.39 is 29.0 Å². The van der Waals surface area contributed by atoms with E-state index in [0.29, 0.717) is 5.02 Å². The lowest BCUT2D eigenvalue weighted by atomic mass is 9.86. The van der Waals surface area contributed by atoms with Gasteiger partial charge in [-0.2, -0.15) is 12.7 Å². The van der Waals surface area contributed by atoms with E-state index in [1.165, 1.54) is 0 Å². The number of piperidine rings is 1. The third-order valence-electron chi connectivity index (χ3n) is 7.42. The molecule has 1 fully saturated rings. The van der Waals surface area contributed by atoms with Gasteiger partial charge in [-0.3, -0.25) is 0 Å². The first-order valence-corrected chi connectivity index (χ1v) is 15.1. The molecule has 0 radical (unpaired) electrons. The standard InChI is InChI=1S/C29H32ClF2N6O2S/c1-21-26(22-7-5-4-6-8-22)27(23-9-11-24(30)12-10-23)33-38(21)28(36-17-13-25(14-18-36)35(2)3)34-41(39,40)37-19-15-29(31,32)16-20-37/h4-14,17-18,21,26H,15-16,19-20H2,1-3H3/q+1/t21-,26+/m0/s1. The highest BCUT2D eigenvalue weighted by Gasteiger charge is 2.46. The Morgan fingerprint density at radius 3 is 2.22 bits per heavy atom. The fourth-order valence-electron chi connectivity index (χ4n) is 5.08. The van der Waals surface area contributed by atoms with Crippen LogP contribution in [0.1, 0.15) is 36.8 Å². The Labute approximate surface area is 244 Å². The fourth-order valence-corrected chi connectivity index (χ4v) is 6.35. The molecule has 41 heavy (non-hydrogen) atoms. The number of rotatable bonds is 5. The molecule has 1 aromatic heterocycles. The zero-order valence-electron chi connectivity index (χ0n) is 23.0. The van der Waals surface area contributed by atoms with Gasteiger partial charge in [0.2, 0.25) is 0 Å². The maximum absolute atomic E-state index is 13.8. The molecule has 0 amide bonds. The van der Waals surface area contributed by atoms with Gasteiger partial charge in [0.25, 0.3) is 5.92 Å². The van der Waals surface area contributed by atoms with E-state index in [1.54, 1.807) is 34.1 Å². The highest BCUT2D eigenvalue weighted by atomic mass is 35.5. The van der Waals surface area contributed by atoms with E-state index in [9.17, 15) is 17.2 Å². The van der Waals surface area contributed by atoms with Gasteiger partial charge in [-0.25, -0.2) is 13.3 Å². The van der Waals surface area contributed by atoms with Crippen LogP contribution >= 0.6 is 11.6 Å². The molecule has 2 aromatic carbocycles. The lowest BCUT2D eigenvalue weighted by molar-refractivity contribution is -0.565. The van der Waals surface area contributed by atoms with E-state index in [-0.39, 0.29) is 31.0 Å². The Balaban J connectivity index is 1.63. The van der Waals surface area contributed by atoms with Crippen molar-refractivity contribution in [3.8, 4) is 0 Å². The molecule has 0 aliphatic carbocycles. The van der Waals surface area contributed by atoms with E-state index in [1.807, 2.05) is 80.5 Å². The van der Waals surface area contributed by atoms with Crippen molar-refractivity contribution in [1.29, 1.82) is 0 Å². The molecule has 1 saturated heterocycles. The molecule has 0 N–H and O–H groups in total. The van der Waals surface area contributed by atoms with Gasteiger partial charge in [-0.15, -0.1) is 10.1 Å². The van der Waals surface area contributed by atoms with Crippen LogP contribution in [0, 0.1) is 0 Å². The molecule has 216 valence electrons. The SMILES string of the molecule is C[C@H]1[C@H](c2ccccc2)C(c2ccc(Cl)cc2)=NN1C(=NS(=O)(=O)N1CCC(F)(F)CC1)[n+]1ccc(N(C)C)cc1. The summed E-state index contributed by atoms with van der Waals surface area (Å²) in [6.07, 6.45) is 2.34. The lowest BCUT2D eigenvalue weighted by Gasteiger charge is -2.28. The van der Waals surface area contributed by atoms with Crippen molar-refractivity contribution < 1.29 is 21.8 Å². The number of hydrazone groups is 1. The topological polar surface area (TPSA) is 72.5 Å². The van der Waals surface area contributed by atoms with Gasteiger partial charge in [-0.05, 0) is 42.3 Å². The van der Waals surface area contributed by atoms with Crippen molar-refractivity contribution in [3.05, 3.63) is 95.3 Å². The van der Waals surface area contributed by atoms with Crippen LogP contribution in [-0.4, -0.2) is 68.6 Å². The van der Waals surface area contributed by atoms with E-state index in [2.05, 4.69) is 4.40 Å². The van der Waals surface area contributed by atoms with Crippen molar-refractivity contribution in [2.75, 3.05) is 32.1 Å². The van der Waals surface area contributed by atoms with Gasteiger partial charge in [0, 0.05) is 55.1 Å². The maximum Gasteiger partial charge on any atom is 0.436 e. The van der Waals surface area contributed by atoms with Gasteiger partial charge < -0.3 is 4.90 Å². The molecule has 0 spiro atoms. The van der Waals surface area contributed by atoms with Crippen molar-refractivity contribution in [3.63, 3.8) is 0 Å². The van der Waals surface area contributed by atoms with Crippen LogP contribution in [0.5, 0.6) is 0 Å². The number of benzene rings is 2. The second-order valence-electron chi connectivity index (χ2n) is 10.4. The van der Waals surface area contributed by atoms with Gasteiger partial charge >= 0.3 is 16.2 Å². The number of hydrogen-bond donors (Lipinski definition) is 0. The van der Waals surface area contributed by atoms with Crippen LogP contribution in [0.2, 0.25) is 5.02 Å². The number of nitrogens with zero attached hydrogens (tertiary/aromatic N) is 6. The molecule has 3 aromatic rings. The smallest absolute Gasteiger partial charge is 0.377 e. The number of anilines is 1. The predicted octanol–water partition coefficient (Wildman–Crippen LogP) is 4.77. The number of hydrogen-bond acceptors (Lipinski definition) is 4. The molecule has 0 saturated carbocycles. The molecule has 5 rings (SSSR count). The zero-order chi connectivity index (χ0) is 29.4. The summed E-state index contributed by atoms with van der Waals surface area (Å²) in [6.45, 7) is 1.35. The van der Waals surface area contributed by atoms with E-state index in [4.69, 9.17) is 16.7 Å². The second kappa shape index (κ2) is 11.5. The van der Waals surface area contributed by atoms with Crippen LogP contribution < -0.4 is 9.47 Å². The summed E-state index contributed by atoms with van der Waals surface area (Å²) in [5.41, 5.74) is 3.48. The molecule has 2 aliphatic rings. The van der Waals surface area contributed by atoms with Crippen molar-refractivity contribution in [2.24, 2.45) is 9.50 Å². The first-order chi connectivity index (χ1) is 19.4. The molecule has 12 heteroatoms. The Morgan fingerprint density at radius 1 is 1.02 bits per heavy atom. The summed E-state index contributed by atoms with van der Waals surface area (Å²) in [5.74, 6) is -3.06. The Hall–Kier alpha value is -3.41. The summed E-state index contributed by atoms with van der Waals surface area (Å²) in [6, 6.07) is 20.5. The quantitative estimate of drug-likeness (QED) is 0.240. The number of pyridine rings is 1. The van der Waals surface area contributed by atoms with Crippen LogP contribution in [-0.2, 0) is 10.2 Å². The first kappa shape index (κ1) is 29.1. The van der Waals surface area contributed by atoms with Crippen LogP contribution in [0.25, 0.3) is 0 Å². The summed E-state index contributed by atoms with van der Waals surface area (Å²) < 4.78 is 61.6. The summed E-state index contributed by atoms with van der Waals surface area (Å²) in [4.78, 5) is 1.92. The minimum absolute atomic E-state index is 0.0463. The summed E-state index contributed by atoms with van der Waals surface area (Å²) in [5, 5.41) is 7.15. The van der Waals surface area contributed by atoms with Crippen LogP contribution in [0.3, 0.4) is 0 Å². The zero-order valence-corrected chi connectivity index (χ0v) is 24.6. The second-order valence-corrected chi connectivity index (χ2v) is 12.5. The third kappa shape index (κ3) is 6.27. The Bertz CT molecular complexity index is 1540. The highest BCUT2D eigenvalue weighted by Crippen LogP contribution is 2.35. The largest absolute Gasteiger partial charge is 0.436 e. The van der Waals surface area contributed by atoms with Gasteiger partial charge in [-0.1, -0.05) is 54.1 Å². The number of halogens is 3. The molecule has 2 atom stereocenters. The van der Waals surface area contributed by atoms with Gasteiger partial charge in [0.1, 0.15) is 6.04 Å². The molecular weight excluding hydrogens is 570 g/mol. The Morgan fingerprint density at radius 2 is 1.63 bits per heavy atom. The predicted molar refractivity (Wildman–Crippen MR) is 157 cm³/mol. The van der Waals surface area contributed by atoms with E-state index >= 15 is 0 Å². The van der Waals surface area contributed by atoms with Gasteiger partial charge in [0.05, 0.1) is 24.0 Å². The van der Waals surface area contributed by atoms with E-state index in [0.717, 1.165) is 26.8 Å². The number of alkyl halides is 2. The van der Waals surface area contributed by atoms with Gasteiger partial charge in [0.15, 0.2) is 0 Å². The number of aromatic nitrogens is 1. The van der Waals surface area contributed by atoms with Crippen molar-refractivity contribution >= 4 is 39.2 Å². The van der Waals surface area contributed by atoms with Crippen molar-refractivity contribution in [2.45, 2.75) is 37.6 Å². The minimum atomic E-state index is -4.31. The molecule has 0 unspecified atom stereocenters. The molecular formula is C29H32ClF2N6O2S+. The summed E-state index contributed by atoms with van der Waals surface area (Å²) in [7, 11) is -0.502.